The first kappa shape index (κ1) is 17.2. The third-order valence-electron chi connectivity index (χ3n) is 5.22. The molecule has 0 aromatic carbocycles. The number of piperidine rings is 1. The van der Waals surface area contributed by atoms with Crippen LogP contribution in [0.2, 0.25) is 0 Å². The molecule has 0 N–H and O–H groups in total. The van der Waals surface area contributed by atoms with Crippen molar-refractivity contribution < 1.29 is 0 Å². The number of hydrogen-bond acceptors (Lipinski definition) is 6. The van der Waals surface area contributed by atoms with Crippen molar-refractivity contribution in [2.75, 3.05) is 18.0 Å². The molecule has 3 aromatic rings. The monoisotopic (exact) mass is 362 g/mol. The maximum atomic E-state index is 9.13. The fourth-order valence-corrected chi connectivity index (χ4v) is 3.65. The molecule has 0 aliphatic carbocycles. The van der Waals surface area contributed by atoms with Gasteiger partial charge in [0.1, 0.15) is 17.5 Å². The highest BCUT2D eigenvalue weighted by molar-refractivity contribution is 5.45. The van der Waals surface area contributed by atoms with E-state index in [2.05, 4.69) is 40.3 Å². The molecule has 1 unspecified atom stereocenters. The van der Waals surface area contributed by atoms with E-state index in [1.807, 2.05) is 26.2 Å². The summed E-state index contributed by atoms with van der Waals surface area (Å²) in [6.07, 6.45) is 7.59. The predicted octanol–water partition coefficient (Wildman–Crippen LogP) is 2.02. The van der Waals surface area contributed by atoms with E-state index in [4.69, 9.17) is 5.26 Å². The van der Waals surface area contributed by atoms with Crippen molar-refractivity contribution in [3.05, 3.63) is 53.8 Å². The van der Waals surface area contributed by atoms with Crippen molar-refractivity contribution >= 4 is 5.82 Å². The minimum atomic E-state index is 0.293. The highest BCUT2D eigenvalue weighted by atomic mass is 15.3. The largest absolute Gasteiger partial charge is 0.356 e. The van der Waals surface area contributed by atoms with E-state index in [9.17, 15) is 0 Å². The van der Waals surface area contributed by atoms with Gasteiger partial charge in [0.05, 0.1) is 18.2 Å². The molecule has 3 aromatic heterocycles. The number of rotatable bonds is 4. The maximum absolute atomic E-state index is 9.13. The first-order valence-electron chi connectivity index (χ1n) is 9.12. The van der Waals surface area contributed by atoms with Gasteiger partial charge in [0.25, 0.3) is 0 Å². The molecule has 8 nitrogen and oxygen atoms in total. The van der Waals surface area contributed by atoms with Crippen LogP contribution in [0.1, 0.15) is 41.8 Å². The summed E-state index contributed by atoms with van der Waals surface area (Å²) in [4.78, 5) is 11.0. The van der Waals surface area contributed by atoms with E-state index in [-0.39, 0.29) is 0 Å². The van der Waals surface area contributed by atoms with Crippen molar-refractivity contribution in [2.24, 2.45) is 7.05 Å². The molecule has 0 saturated carbocycles. The topological polar surface area (TPSA) is 88.4 Å². The van der Waals surface area contributed by atoms with Gasteiger partial charge in [0.15, 0.2) is 5.82 Å². The lowest BCUT2D eigenvalue weighted by Gasteiger charge is -2.33. The standard InChI is InChI=1S/C19H22N8/c1-14-21-7-9-26(14)13-18-23-24-19(25(18)2)16-4-3-8-27(12-16)17-10-15(11-20)5-6-22-17/h5-7,9-10,16H,3-4,8,12-13H2,1-2H3. The second kappa shape index (κ2) is 7.19. The Bertz CT molecular complexity index is 980. The van der Waals surface area contributed by atoms with E-state index < -0.39 is 0 Å². The smallest absolute Gasteiger partial charge is 0.152 e. The van der Waals surface area contributed by atoms with E-state index in [1.165, 1.54) is 0 Å². The van der Waals surface area contributed by atoms with Crippen LogP contribution in [0, 0.1) is 18.3 Å². The molecule has 0 spiro atoms. The number of aromatic nitrogens is 6. The summed E-state index contributed by atoms with van der Waals surface area (Å²) in [6, 6.07) is 5.77. The fourth-order valence-electron chi connectivity index (χ4n) is 3.65. The van der Waals surface area contributed by atoms with Gasteiger partial charge in [0, 0.05) is 44.6 Å². The summed E-state index contributed by atoms with van der Waals surface area (Å²) in [5.74, 6) is 4.04. The first-order chi connectivity index (χ1) is 13.2. The van der Waals surface area contributed by atoms with Gasteiger partial charge in [-0.25, -0.2) is 9.97 Å². The summed E-state index contributed by atoms with van der Waals surface area (Å²) in [5.41, 5.74) is 0.638. The molecule has 1 aliphatic rings. The van der Waals surface area contributed by atoms with Crippen molar-refractivity contribution in [3.8, 4) is 6.07 Å². The van der Waals surface area contributed by atoms with Gasteiger partial charge in [-0.2, -0.15) is 5.26 Å². The molecule has 0 radical (unpaired) electrons. The summed E-state index contributed by atoms with van der Waals surface area (Å²) >= 11 is 0. The molecule has 27 heavy (non-hydrogen) atoms. The second-order valence-electron chi connectivity index (χ2n) is 6.94. The SMILES string of the molecule is Cc1nccn1Cc1nnc(C2CCCN(c3cc(C#N)ccn3)C2)n1C. The molecular weight excluding hydrogens is 340 g/mol. The molecule has 0 bridgehead atoms. The molecule has 1 atom stereocenters. The van der Waals surface area contributed by atoms with Crippen LogP contribution in [0.5, 0.6) is 0 Å². The summed E-state index contributed by atoms with van der Waals surface area (Å²) in [5, 5.41) is 18.0. The average molecular weight is 362 g/mol. The first-order valence-corrected chi connectivity index (χ1v) is 9.12. The third kappa shape index (κ3) is 3.40. The minimum absolute atomic E-state index is 0.293. The molecule has 1 saturated heterocycles. The fraction of sp³-hybridized carbons (Fsp3) is 0.421. The Hall–Kier alpha value is -3.21. The number of pyridine rings is 1. The van der Waals surface area contributed by atoms with Crippen LogP contribution >= 0.6 is 0 Å². The van der Waals surface area contributed by atoms with Gasteiger partial charge in [-0.1, -0.05) is 0 Å². The zero-order valence-corrected chi connectivity index (χ0v) is 15.6. The van der Waals surface area contributed by atoms with Crippen LogP contribution in [0.25, 0.3) is 0 Å². The Morgan fingerprint density at radius 2 is 2.15 bits per heavy atom. The molecule has 1 aliphatic heterocycles. The van der Waals surface area contributed by atoms with Crippen molar-refractivity contribution in [2.45, 2.75) is 32.2 Å². The van der Waals surface area contributed by atoms with Crippen LogP contribution in [0.4, 0.5) is 5.82 Å². The Labute approximate surface area is 158 Å². The van der Waals surface area contributed by atoms with Crippen LogP contribution in [0.3, 0.4) is 0 Å². The molecule has 1 fully saturated rings. The van der Waals surface area contributed by atoms with Crippen LogP contribution in [0.15, 0.2) is 30.7 Å². The van der Waals surface area contributed by atoms with Crippen LogP contribution in [-0.2, 0) is 13.6 Å². The summed E-state index contributed by atoms with van der Waals surface area (Å²) in [6.45, 7) is 4.42. The quantitative estimate of drug-likeness (QED) is 0.705. The predicted molar refractivity (Wildman–Crippen MR) is 100 cm³/mol. The molecule has 4 heterocycles. The second-order valence-corrected chi connectivity index (χ2v) is 6.94. The number of nitriles is 1. The Morgan fingerprint density at radius 1 is 1.26 bits per heavy atom. The lowest BCUT2D eigenvalue weighted by atomic mass is 9.97. The molecule has 138 valence electrons. The highest BCUT2D eigenvalue weighted by Crippen LogP contribution is 2.28. The van der Waals surface area contributed by atoms with Crippen molar-refractivity contribution in [3.63, 3.8) is 0 Å². The minimum Gasteiger partial charge on any atom is -0.356 e. The molecule has 0 amide bonds. The number of nitrogens with zero attached hydrogens (tertiary/aromatic N) is 8. The summed E-state index contributed by atoms with van der Waals surface area (Å²) in [7, 11) is 2.03. The summed E-state index contributed by atoms with van der Waals surface area (Å²) < 4.78 is 4.17. The Balaban J connectivity index is 1.53. The number of anilines is 1. The van der Waals surface area contributed by atoms with Gasteiger partial charge in [0.2, 0.25) is 0 Å². The van der Waals surface area contributed by atoms with Gasteiger partial charge in [-0.05, 0) is 31.9 Å². The number of aryl methyl sites for hydroxylation is 1. The zero-order chi connectivity index (χ0) is 18.8. The molecule has 8 heteroatoms. The number of hydrogen-bond donors (Lipinski definition) is 0. The van der Waals surface area contributed by atoms with Gasteiger partial charge < -0.3 is 14.0 Å². The van der Waals surface area contributed by atoms with Crippen LogP contribution in [-0.4, -0.2) is 42.4 Å². The van der Waals surface area contributed by atoms with E-state index in [0.29, 0.717) is 18.0 Å². The maximum Gasteiger partial charge on any atom is 0.152 e. The lowest BCUT2D eigenvalue weighted by molar-refractivity contribution is 0.475. The third-order valence-corrected chi connectivity index (χ3v) is 5.22. The Morgan fingerprint density at radius 3 is 2.93 bits per heavy atom. The van der Waals surface area contributed by atoms with Crippen molar-refractivity contribution in [1.29, 1.82) is 5.26 Å². The molecule has 4 rings (SSSR count). The molecular formula is C19H22N8. The lowest BCUT2D eigenvalue weighted by Crippen LogP contribution is -2.35. The van der Waals surface area contributed by atoms with Gasteiger partial charge in [-0.15, -0.1) is 10.2 Å². The average Bonchev–Trinajstić information content (AvgIpc) is 3.28. The van der Waals surface area contributed by atoms with Gasteiger partial charge >= 0.3 is 0 Å². The van der Waals surface area contributed by atoms with E-state index in [0.717, 1.165) is 49.2 Å². The highest BCUT2D eigenvalue weighted by Gasteiger charge is 2.26. The van der Waals surface area contributed by atoms with Gasteiger partial charge in [-0.3, -0.25) is 0 Å². The normalized spacial score (nSPS) is 17.1. The Kier molecular flexibility index (Phi) is 4.59. The number of imidazole rings is 1. The van der Waals surface area contributed by atoms with E-state index >= 15 is 0 Å². The van der Waals surface area contributed by atoms with Crippen LogP contribution < -0.4 is 4.90 Å². The van der Waals surface area contributed by atoms with Crippen molar-refractivity contribution in [1.82, 2.24) is 29.3 Å². The van der Waals surface area contributed by atoms with E-state index in [1.54, 1.807) is 18.5 Å². The zero-order valence-electron chi connectivity index (χ0n) is 15.6.